The van der Waals surface area contributed by atoms with Crippen molar-refractivity contribution in [1.82, 2.24) is 19.9 Å². The summed E-state index contributed by atoms with van der Waals surface area (Å²) < 4.78 is 38.7. The number of aromatic nitrogens is 3. The van der Waals surface area contributed by atoms with Crippen molar-refractivity contribution in [2.75, 3.05) is 6.61 Å². The van der Waals surface area contributed by atoms with Gasteiger partial charge in [-0.1, -0.05) is 0 Å². The van der Waals surface area contributed by atoms with Gasteiger partial charge in [0.25, 0.3) is 12.3 Å². The number of fused-ring (bicyclic) bond motifs is 1. The van der Waals surface area contributed by atoms with Crippen LogP contribution in [-0.4, -0.2) is 56.1 Å². The van der Waals surface area contributed by atoms with E-state index < -0.39 is 18.1 Å². The van der Waals surface area contributed by atoms with Crippen LogP contribution in [0.15, 0.2) is 24.5 Å². The second-order valence-corrected chi connectivity index (χ2v) is 12.1. The summed E-state index contributed by atoms with van der Waals surface area (Å²) in [5.74, 6) is 0.755. The topological polar surface area (TPSA) is 123 Å². The lowest BCUT2D eigenvalue weighted by molar-refractivity contribution is 0.0175. The number of nitrogens with two attached hydrogens (primary N) is 1. The van der Waals surface area contributed by atoms with E-state index in [1.165, 1.54) is 18.5 Å². The molecule has 2 saturated carbocycles. The molecule has 2 aliphatic carbocycles. The largest absolute Gasteiger partial charge is 0.493 e. The van der Waals surface area contributed by atoms with E-state index in [2.05, 4.69) is 15.0 Å². The zero-order valence-electron chi connectivity index (χ0n) is 23.9. The maximum Gasteiger partial charge on any atom is 0.404 e. The molecular weight excluding hydrogens is 532 g/mol. The van der Waals surface area contributed by atoms with Gasteiger partial charge < -0.3 is 25.1 Å². The lowest BCUT2D eigenvalue weighted by Crippen LogP contribution is -2.53. The number of amides is 2. The normalized spacial score (nSPS) is 19.4. The first-order chi connectivity index (χ1) is 19.4. The van der Waals surface area contributed by atoms with E-state index in [0.717, 1.165) is 12.8 Å². The monoisotopic (exact) mass is 569 g/mol. The number of rotatable bonds is 8. The van der Waals surface area contributed by atoms with Crippen molar-refractivity contribution in [3.8, 4) is 17.0 Å². The van der Waals surface area contributed by atoms with Crippen LogP contribution < -0.4 is 10.5 Å². The third kappa shape index (κ3) is 6.13. The number of H-pyrrole nitrogens is 1. The van der Waals surface area contributed by atoms with Crippen LogP contribution in [0, 0.1) is 12.8 Å². The summed E-state index contributed by atoms with van der Waals surface area (Å²) >= 11 is 0. The van der Waals surface area contributed by atoms with E-state index in [1.807, 2.05) is 25.7 Å². The predicted octanol–water partition coefficient (Wildman–Crippen LogP) is 6.31. The average Bonchev–Trinajstić information content (AvgIpc) is 3.67. The fourth-order valence-corrected chi connectivity index (χ4v) is 5.80. The Balaban J connectivity index is 1.53. The Morgan fingerprint density at radius 1 is 1.12 bits per heavy atom. The summed E-state index contributed by atoms with van der Waals surface area (Å²) in [6, 6.07) is 4.26. The van der Waals surface area contributed by atoms with Gasteiger partial charge in [0.1, 0.15) is 29.4 Å². The number of aryl methyl sites for hydroxylation is 1. The van der Waals surface area contributed by atoms with Gasteiger partial charge in [-0.3, -0.25) is 4.79 Å². The van der Waals surface area contributed by atoms with E-state index in [1.54, 1.807) is 13.0 Å². The molecule has 5 rings (SSSR count). The molecule has 2 aliphatic rings. The number of benzene rings is 1. The molecule has 0 bridgehead atoms. The molecule has 220 valence electrons. The Labute approximate surface area is 237 Å². The minimum absolute atomic E-state index is 0.0777. The minimum atomic E-state index is -2.66. The molecule has 1 aromatic carbocycles. The molecule has 0 spiro atoms. The molecule has 2 aromatic heterocycles. The van der Waals surface area contributed by atoms with E-state index in [0.29, 0.717) is 77.5 Å². The van der Waals surface area contributed by atoms with Crippen LogP contribution in [0.3, 0.4) is 0 Å². The van der Waals surface area contributed by atoms with Gasteiger partial charge in [0.05, 0.1) is 17.7 Å². The molecule has 0 radical (unpaired) electrons. The number of primary amides is 1. The highest BCUT2D eigenvalue weighted by Gasteiger charge is 2.38. The lowest BCUT2D eigenvalue weighted by Gasteiger charge is -2.44. The fourth-order valence-electron chi connectivity index (χ4n) is 5.80. The van der Waals surface area contributed by atoms with Gasteiger partial charge in [-0.2, -0.15) is 0 Å². The minimum Gasteiger partial charge on any atom is -0.493 e. The number of halogens is 2. The molecule has 0 aliphatic heterocycles. The molecule has 2 heterocycles. The quantitative estimate of drug-likeness (QED) is 0.328. The van der Waals surface area contributed by atoms with E-state index in [9.17, 15) is 18.4 Å². The van der Waals surface area contributed by atoms with Gasteiger partial charge in [0.15, 0.2) is 0 Å². The van der Waals surface area contributed by atoms with Crippen molar-refractivity contribution in [2.24, 2.45) is 11.7 Å². The molecule has 9 nitrogen and oxygen atoms in total. The maximum atomic E-state index is 14.3. The van der Waals surface area contributed by atoms with E-state index in [-0.39, 0.29) is 23.6 Å². The van der Waals surface area contributed by atoms with Crippen molar-refractivity contribution >= 4 is 23.0 Å². The molecule has 0 atom stereocenters. The molecule has 3 N–H and O–H groups in total. The summed E-state index contributed by atoms with van der Waals surface area (Å²) in [5, 5.41) is 0. The molecule has 3 aromatic rings. The van der Waals surface area contributed by atoms with E-state index >= 15 is 0 Å². The second kappa shape index (κ2) is 11.3. The number of hydrogen-bond acceptors (Lipinski definition) is 6. The van der Waals surface area contributed by atoms with Gasteiger partial charge in [-0.05, 0) is 90.3 Å². The Morgan fingerprint density at radius 3 is 2.44 bits per heavy atom. The summed E-state index contributed by atoms with van der Waals surface area (Å²) in [6.07, 6.45) is 2.36. The SMILES string of the molecule is Cc1[nH]c2c(-c3cc(C(F)F)ccc3OCC3CC3)ncnc2c1C(=O)N(C1CCC(OC(N)=O)CC1)C(C)(C)C. The van der Waals surface area contributed by atoms with Crippen LogP contribution in [0.4, 0.5) is 13.6 Å². The van der Waals surface area contributed by atoms with Gasteiger partial charge >= 0.3 is 6.09 Å². The van der Waals surface area contributed by atoms with Crippen molar-refractivity contribution in [2.45, 2.75) is 90.3 Å². The van der Waals surface area contributed by atoms with Crippen molar-refractivity contribution in [3.63, 3.8) is 0 Å². The van der Waals surface area contributed by atoms with Crippen LogP contribution in [0.1, 0.15) is 87.3 Å². The smallest absolute Gasteiger partial charge is 0.404 e. The highest BCUT2D eigenvalue weighted by Crippen LogP contribution is 2.39. The van der Waals surface area contributed by atoms with Crippen LogP contribution in [0.2, 0.25) is 0 Å². The number of carbonyl (C=O) groups excluding carboxylic acids is 2. The third-order valence-electron chi connectivity index (χ3n) is 7.90. The number of ether oxygens (including phenoxy) is 2. The molecule has 0 saturated heterocycles. The standard InChI is InChI=1S/C30H37F2N5O4/c1-16-23(28(38)37(30(2,3)4)19-8-10-20(11-9-19)41-29(33)39)25-26(36-16)24(34-15-35-25)21-13-18(27(31)32)7-12-22(21)40-14-17-5-6-17/h7,12-13,15,17,19-20,27,36H,5-6,8-11,14H2,1-4H3,(H2,33,39). The number of hydrogen-bond donors (Lipinski definition) is 2. The van der Waals surface area contributed by atoms with Crippen molar-refractivity contribution < 1.29 is 27.8 Å². The van der Waals surface area contributed by atoms with Gasteiger partial charge in [-0.15, -0.1) is 0 Å². The first-order valence-electron chi connectivity index (χ1n) is 14.1. The fraction of sp³-hybridized carbons (Fsp3) is 0.533. The highest BCUT2D eigenvalue weighted by atomic mass is 19.3. The third-order valence-corrected chi connectivity index (χ3v) is 7.90. The highest BCUT2D eigenvalue weighted by molar-refractivity contribution is 6.09. The Hall–Kier alpha value is -3.76. The van der Waals surface area contributed by atoms with Crippen LogP contribution >= 0.6 is 0 Å². The predicted molar refractivity (Wildman–Crippen MR) is 150 cm³/mol. The number of nitrogens with zero attached hydrogens (tertiary/aromatic N) is 3. The molecule has 2 amide bonds. The zero-order valence-corrected chi connectivity index (χ0v) is 23.9. The van der Waals surface area contributed by atoms with Crippen LogP contribution in [-0.2, 0) is 4.74 Å². The van der Waals surface area contributed by atoms with Crippen LogP contribution in [0.25, 0.3) is 22.3 Å². The first-order valence-corrected chi connectivity index (χ1v) is 14.1. The molecule has 41 heavy (non-hydrogen) atoms. The molecular formula is C30H37F2N5O4. The molecule has 0 unspecified atom stereocenters. The van der Waals surface area contributed by atoms with Crippen LogP contribution in [0.5, 0.6) is 5.75 Å². The second-order valence-electron chi connectivity index (χ2n) is 12.1. The maximum absolute atomic E-state index is 14.3. The summed E-state index contributed by atoms with van der Waals surface area (Å²) in [4.78, 5) is 39.6. The summed E-state index contributed by atoms with van der Waals surface area (Å²) in [6.45, 7) is 8.27. The summed E-state index contributed by atoms with van der Waals surface area (Å²) in [7, 11) is 0. The van der Waals surface area contributed by atoms with Gasteiger partial charge in [-0.25, -0.2) is 23.5 Å². The van der Waals surface area contributed by atoms with Crippen molar-refractivity contribution in [3.05, 3.63) is 41.3 Å². The number of aromatic amines is 1. The Morgan fingerprint density at radius 2 is 1.83 bits per heavy atom. The Kier molecular flexibility index (Phi) is 7.89. The van der Waals surface area contributed by atoms with Crippen molar-refractivity contribution in [1.29, 1.82) is 0 Å². The summed E-state index contributed by atoms with van der Waals surface area (Å²) in [5.41, 5.74) is 7.31. The van der Waals surface area contributed by atoms with E-state index in [4.69, 9.17) is 15.2 Å². The van der Waals surface area contributed by atoms with Gasteiger partial charge in [0.2, 0.25) is 0 Å². The Bertz CT molecular complexity index is 1440. The zero-order chi connectivity index (χ0) is 29.5. The van der Waals surface area contributed by atoms with Gasteiger partial charge in [0, 0.05) is 28.4 Å². The number of carbonyl (C=O) groups is 2. The first kappa shape index (κ1) is 28.8. The molecule has 11 heteroatoms. The average molecular weight is 570 g/mol. The number of alkyl halides is 2. The lowest BCUT2D eigenvalue weighted by atomic mass is 9.88. The molecule has 2 fully saturated rings. The number of nitrogens with one attached hydrogen (secondary N) is 1.